The van der Waals surface area contributed by atoms with Crippen molar-refractivity contribution in [3.8, 4) is 0 Å². The molecule has 0 saturated carbocycles. The molecular weight excluding hydrogens is 260 g/mol. The molecule has 0 aromatic carbocycles. The molecule has 0 unspecified atom stereocenters. The van der Waals surface area contributed by atoms with Crippen LogP contribution >= 0.6 is 12.4 Å². The Bertz CT molecular complexity index is 329. The first-order chi connectivity index (χ1) is 7.67. The van der Waals surface area contributed by atoms with E-state index in [1.165, 1.54) is 11.8 Å². The highest BCUT2D eigenvalue weighted by Gasteiger charge is 2.45. The maximum atomic E-state index is 11.9. The van der Waals surface area contributed by atoms with Crippen LogP contribution in [0.4, 0.5) is 4.79 Å². The molecular formula is C11H21ClN2O4. The zero-order chi connectivity index (χ0) is 13.3. The number of hydrogen-bond donors (Lipinski definition) is 2. The monoisotopic (exact) mass is 280 g/mol. The molecule has 1 aliphatic rings. The number of carboxylic acid groups (broad SMARTS) is 1. The second-order valence-electron chi connectivity index (χ2n) is 5.39. The van der Waals surface area contributed by atoms with Crippen LogP contribution in [0, 0.1) is 0 Å². The summed E-state index contributed by atoms with van der Waals surface area (Å²) in [5.74, 6) is -1.03. The molecule has 7 heteroatoms. The van der Waals surface area contributed by atoms with Gasteiger partial charge in [-0.2, -0.15) is 0 Å². The highest BCUT2D eigenvalue weighted by molar-refractivity contribution is 5.85. The molecule has 0 radical (unpaired) electrons. The van der Waals surface area contributed by atoms with Crippen LogP contribution in [-0.4, -0.2) is 52.8 Å². The fraction of sp³-hybridized carbons (Fsp3) is 0.818. The van der Waals surface area contributed by atoms with Crippen LogP contribution in [0.15, 0.2) is 0 Å². The van der Waals surface area contributed by atoms with Crippen molar-refractivity contribution >= 4 is 24.5 Å². The van der Waals surface area contributed by atoms with Crippen LogP contribution in [0.5, 0.6) is 0 Å². The fourth-order valence-corrected chi connectivity index (χ4v) is 1.67. The summed E-state index contributed by atoms with van der Waals surface area (Å²) < 4.78 is 5.22. The number of hydrogen-bond acceptors (Lipinski definition) is 4. The summed E-state index contributed by atoms with van der Waals surface area (Å²) in [6.45, 7) is 7.91. The number of carbonyl (C=O) groups excluding carboxylic acids is 1. The molecule has 0 bridgehead atoms. The Morgan fingerprint density at radius 2 is 1.94 bits per heavy atom. The van der Waals surface area contributed by atoms with Gasteiger partial charge >= 0.3 is 12.1 Å². The van der Waals surface area contributed by atoms with E-state index in [-0.39, 0.29) is 19.0 Å². The lowest BCUT2D eigenvalue weighted by Crippen LogP contribution is -2.65. The van der Waals surface area contributed by atoms with Gasteiger partial charge in [0, 0.05) is 19.6 Å². The van der Waals surface area contributed by atoms with Crippen molar-refractivity contribution < 1.29 is 19.4 Å². The molecule has 1 amide bonds. The molecule has 0 aromatic rings. The van der Waals surface area contributed by atoms with Gasteiger partial charge in [0.1, 0.15) is 5.60 Å². The summed E-state index contributed by atoms with van der Waals surface area (Å²) in [5, 5.41) is 12.2. The predicted molar refractivity (Wildman–Crippen MR) is 69.1 cm³/mol. The zero-order valence-corrected chi connectivity index (χ0v) is 12.0. The van der Waals surface area contributed by atoms with Gasteiger partial charge < -0.3 is 15.2 Å². The second kappa shape index (κ2) is 5.75. The van der Waals surface area contributed by atoms with Crippen LogP contribution in [0.3, 0.4) is 0 Å². The number of carboxylic acids is 1. The van der Waals surface area contributed by atoms with Crippen molar-refractivity contribution in [1.82, 2.24) is 10.2 Å². The molecule has 0 aliphatic carbocycles. The molecule has 2 N–H and O–H groups in total. The summed E-state index contributed by atoms with van der Waals surface area (Å²) in [5.41, 5.74) is -1.87. The van der Waals surface area contributed by atoms with Gasteiger partial charge in [0.25, 0.3) is 0 Å². The van der Waals surface area contributed by atoms with Crippen molar-refractivity contribution in [1.29, 1.82) is 0 Å². The Hall–Kier alpha value is -1.01. The number of ether oxygens (including phenoxy) is 1. The van der Waals surface area contributed by atoms with E-state index in [1.54, 1.807) is 20.8 Å². The lowest BCUT2D eigenvalue weighted by atomic mass is 9.98. The van der Waals surface area contributed by atoms with E-state index in [0.29, 0.717) is 13.1 Å². The molecule has 1 saturated heterocycles. The minimum Gasteiger partial charge on any atom is -0.479 e. The first kappa shape index (κ1) is 17.0. The molecule has 1 aliphatic heterocycles. The van der Waals surface area contributed by atoms with Crippen molar-refractivity contribution in [2.24, 2.45) is 0 Å². The van der Waals surface area contributed by atoms with Crippen LogP contribution in [0.2, 0.25) is 0 Å². The van der Waals surface area contributed by atoms with Crippen molar-refractivity contribution in [3.63, 3.8) is 0 Å². The van der Waals surface area contributed by atoms with E-state index in [0.717, 1.165) is 0 Å². The average Bonchev–Trinajstić information content (AvgIpc) is 2.15. The van der Waals surface area contributed by atoms with Gasteiger partial charge in [-0.1, -0.05) is 0 Å². The number of nitrogens with one attached hydrogen (secondary N) is 1. The van der Waals surface area contributed by atoms with Crippen molar-refractivity contribution in [2.45, 2.75) is 38.8 Å². The molecule has 1 heterocycles. The number of nitrogens with zero attached hydrogens (tertiary/aromatic N) is 1. The second-order valence-corrected chi connectivity index (χ2v) is 5.39. The summed E-state index contributed by atoms with van der Waals surface area (Å²) >= 11 is 0. The number of carbonyl (C=O) groups is 2. The molecule has 1 rings (SSSR count). The van der Waals surface area contributed by atoms with Crippen LogP contribution in [0.25, 0.3) is 0 Å². The van der Waals surface area contributed by atoms with E-state index in [9.17, 15) is 14.7 Å². The Morgan fingerprint density at radius 1 is 1.39 bits per heavy atom. The largest absolute Gasteiger partial charge is 0.479 e. The quantitative estimate of drug-likeness (QED) is 0.752. The number of rotatable bonds is 1. The molecule has 6 nitrogen and oxygen atoms in total. The van der Waals surface area contributed by atoms with E-state index >= 15 is 0 Å². The van der Waals surface area contributed by atoms with Gasteiger partial charge in [-0.15, -0.1) is 12.4 Å². The SMILES string of the molecule is CC(C)(C)OC(=O)N1CCNC[C@@]1(C)C(=O)O.Cl. The number of piperazine rings is 1. The highest BCUT2D eigenvalue weighted by atomic mass is 35.5. The van der Waals surface area contributed by atoms with E-state index in [2.05, 4.69) is 5.32 Å². The van der Waals surface area contributed by atoms with Gasteiger partial charge in [-0.05, 0) is 27.7 Å². The average molecular weight is 281 g/mol. The first-order valence-electron chi connectivity index (χ1n) is 5.61. The number of amides is 1. The smallest absolute Gasteiger partial charge is 0.411 e. The van der Waals surface area contributed by atoms with Crippen LogP contribution in [-0.2, 0) is 9.53 Å². The van der Waals surface area contributed by atoms with Crippen LogP contribution in [0.1, 0.15) is 27.7 Å². The third-order valence-corrected chi connectivity index (χ3v) is 2.65. The van der Waals surface area contributed by atoms with Gasteiger partial charge in [-0.3, -0.25) is 4.90 Å². The molecule has 18 heavy (non-hydrogen) atoms. The summed E-state index contributed by atoms with van der Waals surface area (Å²) in [6.07, 6.45) is -0.580. The van der Waals surface area contributed by atoms with Gasteiger partial charge in [0.2, 0.25) is 0 Å². The third kappa shape index (κ3) is 3.74. The highest BCUT2D eigenvalue weighted by Crippen LogP contribution is 2.21. The van der Waals surface area contributed by atoms with Crippen LogP contribution < -0.4 is 5.32 Å². The fourth-order valence-electron chi connectivity index (χ4n) is 1.67. The van der Waals surface area contributed by atoms with Crippen molar-refractivity contribution in [3.05, 3.63) is 0 Å². The maximum absolute atomic E-state index is 11.9. The summed E-state index contributed by atoms with van der Waals surface area (Å²) in [4.78, 5) is 24.5. The number of aliphatic carboxylic acids is 1. The summed E-state index contributed by atoms with van der Waals surface area (Å²) in [6, 6.07) is 0. The molecule has 106 valence electrons. The number of halogens is 1. The molecule has 0 aromatic heterocycles. The maximum Gasteiger partial charge on any atom is 0.411 e. The molecule has 1 fully saturated rings. The minimum absolute atomic E-state index is 0. The molecule has 1 atom stereocenters. The van der Waals surface area contributed by atoms with Crippen molar-refractivity contribution in [2.75, 3.05) is 19.6 Å². The van der Waals surface area contributed by atoms with Gasteiger partial charge in [0.05, 0.1) is 0 Å². The Labute approximate surface area is 113 Å². The Balaban J connectivity index is 0.00000289. The Kier molecular flexibility index (Phi) is 5.43. The zero-order valence-electron chi connectivity index (χ0n) is 11.1. The predicted octanol–water partition coefficient (Wildman–Crippen LogP) is 1.09. The molecule has 0 spiro atoms. The minimum atomic E-state index is -1.25. The first-order valence-corrected chi connectivity index (χ1v) is 5.61. The van der Waals surface area contributed by atoms with E-state index < -0.39 is 23.2 Å². The topological polar surface area (TPSA) is 78.9 Å². The lowest BCUT2D eigenvalue weighted by Gasteiger charge is -2.42. The standard InChI is InChI=1S/C11H20N2O4.ClH/c1-10(2,3)17-9(16)13-6-5-12-7-11(13,4)8(14)15;/h12H,5-7H2,1-4H3,(H,14,15);1H/t11-;/m0./s1. The van der Waals surface area contributed by atoms with Gasteiger partial charge in [-0.25, -0.2) is 9.59 Å². The van der Waals surface area contributed by atoms with E-state index in [1.807, 2.05) is 0 Å². The summed E-state index contributed by atoms with van der Waals surface area (Å²) in [7, 11) is 0. The van der Waals surface area contributed by atoms with Gasteiger partial charge in [0.15, 0.2) is 5.54 Å². The Morgan fingerprint density at radius 3 is 2.39 bits per heavy atom. The lowest BCUT2D eigenvalue weighted by molar-refractivity contribution is -0.151. The van der Waals surface area contributed by atoms with E-state index in [4.69, 9.17) is 4.74 Å². The normalized spacial score (nSPS) is 24.1. The third-order valence-electron chi connectivity index (χ3n) is 2.65.